The Kier molecular flexibility index (Phi) is 4.24. The second kappa shape index (κ2) is 5.74. The number of rotatable bonds is 6. The minimum absolute atomic E-state index is 0.118. The van der Waals surface area contributed by atoms with E-state index in [-0.39, 0.29) is 11.4 Å². The summed E-state index contributed by atoms with van der Waals surface area (Å²) in [5.41, 5.74) is 6.56. The van der Waals surface area contributed by atoms with E-state index in [1.807, 2.05) is 18.2 Å². The summed E-state index contributed by atoms with van der Waals surface area (Å²) in [5, 5.41) is 0. The van der Waals surface area contributed by atoms with E-state index < -0.39 is 0 Å². The molecule has 5 heteroatoms. The Morgan fingerprint density at radius 3 is 2.74 bits per heavy atom. The van der Waals surface area contributed by atoms with Crippen molar-refractivity contribution in [2.75, 3.05) is 25.7 Å². The molecular weight excluding hydrogens is 262 g/mol. The van der Waals surface area contributed by atoms with Gasteiger partial charge >= 0.3 is 5.97 Å². The smallest absolute Gasteiger partial charge is 0.306 e. The molecule has 0 atom stereocenters. The van der Waals surface area contributed by atoms with E-state index in [1.54, 1.807) is 18.9 Å². The lowest BCUT2D eigenvalue weighted by atomic mass is 10.1. The second-order valence-corrected chi connectivity index (χ2v) is 5.99. The number of methoxy groups -OCH3 is 2. The highest BCUT2D eigenvalue weighted by molar-refractivity contribution is 7.99. The predicted octanol–water partition coefficient (Wildman–Crippen LogP) is 2.71. The van der Waals surface area contributed by atoms with Crippen molar-refractivity contribution in [2.24, 2.45) is 5.41 Å². The van der Waals surface area contributed by atoms with E-state index in [0.717, 1.165) is 23.5 Å². The topological polar surface area (TPSA) is 61.5 Å². The summed E-state index contributed by atoms with van der Waals surface area (Å²) in [7, 11) is 3.05. The van der Waals surface area contributed by atoms with Crippen molar-refractivity contribution in [3.05, 3.63) is 18.2 Å². The first-order valence-corrected chi connectivity index (χ1v) is 7.20. The van der Waals surface area contributed by atoms with E-state index in [9.17, 15) is 4.79 Å². The van der Waals surface area contributed by atoms with Gasteiger partial charge in [-0.2, -0.15) is 0 Å². The van der Waals surface area contributed by atoms with Crippen LogP contribution in [0.2, 0.25) is 0 Å². The molecule has 1 aliphatic rings. The molecule has 1 aromatic carbocycles. The average molecular weight is 281 g/mol. The van der Waals surface area contributed by atoms with Gasteiger partial charge in [-0.3, -0.25) is 4.79 Å². The van der Waals surface area contributed by atoms with Crippen LogP contribution in [-0.2, 0) is 9.53 Å². The fourth-order valence-electron chi connectivity index (χ4n) is 1.94. The Labute approximate surface area is 117 Å². The molecular formula is C14H19NO3S. The SMILES string of the molecule is COC(=O)CC1(CSc2ccc(N)c(OC)c2)CC1. The first-order chi connectivity index (χ1) is 9.08. The minimum atomic E-state index is -0.118. The van der Waals surface area contributed by atoms with Gasteiger partial charge in [0.05, 0.1) is 26.3 Å². The molecule has 19 heavy (non-hydrogen) atoms. The second-order valence-electron chi connectivity index (χ2n) is 4.95. The lowest BCUT2D eigenvalue weighted by Gasteiger charge is -2.13. The molecule has 1 aliphatic carbocycles. The Balaban J connectivity index is 1.94. The average Bonchev–Trinajstić information content (AvgIpc) is 3.17. The summed E-state index contributed by atoms with van der Waals surface area (Å²) in [6.07, 6.45) is 2.71. The molecule has 0 aromatic heterocycles. The van der Waals surface area contributed by atoms with Crippen molar-refractivity contribution >= 4 is 23.4 Å². The van der Waals surface area contributed by atoms with E-state index >= 15 is 0 Å². The highest BCUT2D eigenvalue weighted by Gasteiger charge is 2.44. The molecule has 0 radical (unpaired) electrons. The number of nitrogens with two attached hydrogens (primary N) is 1. The third-order valence-corrected chi connectivity index (χ3v) is 4.80. The maximum absolute atomic E-state index is 11.4. The summed E-state index contributed by atoms with van der Waals surface area (Å²) in [6.45, 7) is 0. The third kappa shape index (κ3) is 3.56. The number of ether oxygens (including phenoxy) is 2. The molecule has 0 aliphatic heterocycles. The molecule has 104 valence electrons. The van der Waals surface area contributed by atoms with Crippen molar-refractivity contribution in [3.63, 3.8) is 0 Å². The van der Waals surface area contributed by atoms with E-state index in [2.05, 4.69) is 0 Å². The molecule has 0 unspecified atom stereocenters. The summed E-state index contributed by atoms with van der Waals surface area (Å²) in [6, 6.07) is 5.77. The number of hydrogen-bond acceptors (Lipinski definition) is 5. The first-order valence-electron chi connectivity index (χ1n) is 6.22. The van der Waals surface area contributed by atoms with Crippen LogP contribution in [0.5, 0.6) is 5.75 Å². The standard InChI is InChI=1S/C14H19NO3S/c1-17-12-7-10(3-4-11(12)15)19-9-14(5-6-14)8-13(16)18-2/h3-4,7H,5-6,8-9,15H2,1-2H3. The van der Waals surface area contributed by atoms with Crippen LogP contribution in [0.25, 0.3) is 0 Å². The Morgan fingerprint density at radius 1 is 1.42 bits per heavy atom. The summed E-state index contributed by atoms with van der Waals surface area (Å²) in [5.74, 6) is 1.51. The van der Waals surface area contributed by atoms with Gasteiger partial charge in [-0.1, -0.05) is 0 Å². The number of nitrogen functional groups attached to an aromatic ring is 1. The largest absolute Gasteiger partial charge is 0.495 e. The zero-order chi connectivity index (χ0) is 13.9. The van der Waals surface area contributed by atoms with Crippen LogP contribution in [0, 0.1) is 5.41 Å². The normalized spacial score (nSPS) is 15.9. The third-order valence-electron chi connectivity index (χ3n) is 3.45. The van der Waals surface area contributed by atoms with Gasteiger partial charge < -0.3 is 15.2 Å². The van der Waals surface area contributed by atoms with Crippen LogP contribution in [0.4, 0.5) is 5.69 Å². The van der Waals surface area contributed by atoms with Gasteiger partial charge in [0, 0.05) is 10.6 Å². The molecule has 2 N–H and O–H groups in total. The lowest BCUT2D eigenvalue weighted by Crippen LogP contribution is -2.12. The van der Waals surface area contributed by atoms with Gasteiger partial charge in [-0.05, 0) is 36.5 Å². The van der Waals surface area contributed by atoms with Crippen LogP contribution in [0.3, 0.4) is 0 Å². The highest BCUT2D eigenvalue weighted by atomic mass is 32.2. The lowest BCUT2D eigenvalue weighted by molar-refractivity contribution is -0.141. The van der Waals surface area contributed by atoms with Crippen LogP contribution in [0.15, 0.2) is 23.1 Å². The van der Waals surface area contributed by atoms with E-state index in [4.69, 9.17) is 15.2 Å². The van der Waals surface area contributed by atoms with Gasteiger partial charge in [-0.25, -0.2) is 0 Å². The van der Waals surface area contributed by atoms with Gasteiger partial charge in [-0.15, -0.1) is 11.8 Å². The molecule has 0 amide bonds. The van der Waals surface area contributed by atoms with Crippen molar-refractivity contribution in [1.29, 1.82) is 0 Å². The molecule has 0 spiro atoms. The Bertz CT molecular complexity index is 472. The quantitative estimate of drug-likeness (QED) is 0.493. The number of carbonyl (C=O) groups excluding carboxylic acids is 1. The molecule has 0 saturated heterocycles. The number of esters is 1. The van der Waals surface area contributed by atoms with Crippen molar-refractivity contribution in [2.45, 2.75) is 24.2 Å². The maximum atomic E-state index is 11.4. The zero-order valence-electron chi connectivity index (χ0n) is 11.3. The number of anilines is 1. The van der Waals surface area contributed by atoms with E-state index in [1.165, 1.54) is 7.11 Å². The summed E-state index contributed by atoms with van der Waals surface area (Å²) in [4.78, 5) is 12.5. The highest BCUT2D eigenvalue weighted by Crippen LogP contribution is 2.52. The van der Waals surface area contributed by atoms with E-state index in [0.29, 0.717) is 17.9 Å². The van der Waals surface area contributed by atoms with Gasteiger partial charge in [0.15, 0.2) is 0 Å². The van der Waals surface area contributed by atoms with Gasteiger partial charge in [0.1, 0.15) is 5.75 Å². The minimum Gasteiger partial charge on any atom is -0.495 e. The number of carbonyl (C=O) groups is 1. The van der Waals surface area contributed by atoms with Crippen LogP contribution >= 0.6 is 11.8 Å². The predicted molar refractivity (Wildman–Crippen MR) is 76.4 cm³/mol. The Morgan fingerprint density at radius 2 is 2.16 bits per heavy atom. The first kappa shape index (κ1) is 14.1. The summed E-state index contributed by atoms with van der Waals surface area (Å²) < 4.78 is 9.95. The van der Waals surface area contributed by atoms with Gasteiger partial charge in [0.2, 0.25) is 0 Å². The fraction of sp³-hybridized carbons (Fsp3) is 0.500. The van der Waals surface area contributed by atoms with Crippen LogP contribution < -0.4 is 10.5 Å². The van der Waals surface area contributed by atoms with Crippen LogP contribution in [0.1, 0.15) is 19.3 Å². The van der Waals surface area contributed by atoms with Crippen molar-refractivity contribution < 1.29 is 14.3 Å². The van der Waals surface area contributed by atoms with Crippen molar-refractivity contribution in [3.8, 4) is 5.75 Å². The molecule has 2 rings (SSSR count). The molecule has 1 fully saturated rings. The monoisotopic (exact) mass is 281 g/mol. The molecule has 1 aromatic rings. The van der Waals surface area contributed by atoms with Gasteiger partial charge in [0.25, 0.3) is 0 Å². The van der Waals surface area contributed by atoms with Crippen LogP contribution in [-0.4, -0.2) is 25.9 Å². The number of hydrogen-bond donors (Lipinski definition) is 1. The number of benzene rings is 1. The number of thioether (sulfide) groups is 1. The molecule has 0 bridgehead atoms. The zero-order valence-corrected chi connectivity index (χ0v) is 12.1. The molecule has 4 nitrogen and oxygen atoms in total. The maximum Gasteiger partial charge on any atom is 0.306 e. The fourth-order valence-corrected chi connectivity index (χ4v) is 3.16. The molecule has 1 saturated carbocycles. The summed E-state index contributed by atoms with van der Waals surface area (Å²) >= 11 is 1.74. The van der Waals surface area contributed by atoms with Crippen molar-refractivity contribution in [1.82, 2.24) is 0 Å². The molecule has 0 heterocycles. The Hall–Kier alpha value is -1.36.